The molecule has 3 atom stereocenters. The van der Waals surface area contributed by atoms with Crippen LogP contribution in [-0.4, -0.2) is 35.2 Å². The molecule has 1 heterocycles. The average molecular weight is 359 g/mol. The molecule has 1 fully saturated rings. The number of esters is 1. The molecule has 0 spiro atoms. The Morgan fingerprint density at radius 1 is 1.16 bits per heavy atom. The van der Waals surface area contributed by atoms with Gasteiger partial charge in [0.1, 0.15) is 11.6 Å². The number of hydrogen-bond acceptors (Lipinski definition) is 4. The third-order valence-corrected chi connectivity index (χ3v) is 3.95. The van der Waals surface area contributed by atoms with Gasteiger partial charge in [0.2, 0.25) is 0 Å². The van der Waals surface area contributed by atoms with Gasteiger partial charge in [0.05, 0.1) is 11.5 Å². The first-order chi connectivity index (χ1) is 11.4. The first kappa shape index (κ1) is 19.2. The summed E-state index contributed by atoms with van der Waals surface area (Å²) in [6.07, 6.45) is -4.48. The van der Waals surface area contributed by atoms with E-state index in [0.717, 1.165) is 12.1 Å². The van der Waals surface area contributed by atoms with Gasteiger partial charge in [0, 0.05) is 12.5 Å². The molecule has 2 N–H and O–H groups in total. The van der Waals surface area contributed by atoms with Crippen LogP contribution < -0.4 is 5.32 Å². The normalized spacial score (nSPS) is 24.2. The first-order valence-electron chi connectivity index (χ1n) is 7.76. The van der Waals surface area contributed by atoms with Crippen molar-refractivity contribution in [2.45, 2.75) is 44.5 Å². The molecule has 25 heavy (non-hydrogen) atoms. The molecule has 3 unspecified atom stereocenters. The van der Waals surface area contributed by atoms with E-state index in [1.54, 1.807) is 20.8 Å². The topological polar surface area (TPSA) is 75.6 Å². The molecular formula is C17H20F3NO4. The van der Waals surface area contributed by atoms with Gasteiger partial charge in [-0.1, -0.05) is 12.1 Å². The number of carbonyl (C=O) groups is 2. The second-order valence-electron chi connectivity index (χ2n) is 7.01. The Kier molecular flexibility index (Phi) is 5.13. The summed E-state index contributed by atoms with van der Waals surface area (Å²) in [7, 11) is 0. The van der Waals surface area contributed by atoms with Crippen molar-refractivity contribution in [3.63, 3.8) is 0 Å². The molecule has 1 saturated heterocycles. The molecule has 8 heteroatoms. The molecule has 0 saturated carbocycles. The lowest BCUT2D eigenvalue weighted by atomic mass is 9.84. The Balaban J connectivity index is 2.34. The van der Waals surface area contributed by atoms with E-state index >= 15 is 0 Å². The van der Waals surface area contributed by atoms with Crippen molar-refractivity contribution in [3.05, 3.63) is 35.4 Å². The number of alkyl halides is 3. The summed E-state index contributed by atoms with van der Waals surface area (Å²) in [6.45, 7) is 5.08. The van der Waals surface area contributed by atoms with Crippen LogP contribution in [-0.2, 0) is 20.5 Å². The lowest BCUT2D eigenvalue weighted by molar-refractivity contribution is -0.157. The van der Waals surface area contributed by atoms with Crippen LogP contribution in [0, 0.1) is 5.92 Å². The maximum absolute atomic E-state index is 12.7. The van der Waals surface area contributed by atoms with Gasteiger partial charge in [0.15, 0.2) is 0 Å². The summed E-state index contributed by atoms with van der Waals surface area (Å²) >= 11 is 0. The fraction of sp³-hybridized carbons (Fsp3) is 0.529. The number of aliphatic carboxylic acids is 1. The molecule has 1 aliphatic rings. The minimum absolute atomic E-state index is 0.0327. The van der Waals surface area contributed by atoms with E-state index in [1.807, 2.05) is 0 Å². The summed E-state index contributed by atoms with van der Waals surface area (Å²) < 4.78 is 43.4. The molecule has 0 bridgehead atoms. The number of carboxylic acid groups (broad SMARTS) is 1. The Morgan fingerprint density at radius 3 is 2.16 bits per heavy atom. The van der Waals surface area contributed by atoms with Crippen LogP contribution in [0.1, 0.15) is 37.8 Å². The first-order valence-corrected chi connectivity index (χ1v) is 7.76. The van der Waals surface area contributed by atoms with Gasteiger partial charge in [-0.15, -0.1) is 0 Å². The highest BCUT2D eigenvalue weighted by Gasteiger charge is 2.46. The van der Waals surface area contributed by atoms with Gasteiger partial charge in [-0.25, -0.2) is 0 Å². The van der Waals surface area contributed by atoms with Crippen LogP contribution in [0.4, 0.5) is 13.2 Å². The highest BCUT2D eigenvalue weighted by molar-refractivity contribution is 5.82. The summed E-state index contributed by atoms with van der Waals surface area (Å²) in [5.41, 5.74) is -1.24. The van der Waals surface area contributed by atoms with Crippen LogP contribution >= 0.6 is 0 Å². The van der Waals surface area contributed by atoms with E-state index in [9.17, 15) is 27.9 Å². The number of hydrogen-bond donors (Lipinski definition) is 2. The van der Waals surface area contributed by atoms with Crippen molar-refractivity contribution in [2.24, 2.45) is 5.92 Å². The molecule has 138 valence electrons. The summed E-state index contributed by atoms with van der Waals surface area (Å²) in [5, 5.41) is 12.2. The van der Waals surface area contributed by atoms with E-state index < -0.39 is 47.2 Å². The predicted octanol–water partition coefficient (Wildman–Crippen LogP) is 2.80. The minimum Gasteiger partial charge on any atom is -0.481 e. The van der Waals surface area contributed by atoms with E-state index in [2.05, 4.69) is 5.32 Å². The van der Waals surface area contributed by atoms with Crippen LogP contribution in [0.25, 0.3) is 0 Å². The fourth-order valence-electron chi connectivity index (χ4n) is 2.90. The fourth-order valence-corrected chi connectivity index (χ4v) is 2.90. The maximum Gasteiger partial charge on any atom is 0.416 e. The van der Waals surface area contributed by atoms with Crippen molar-refractivity contribution < 1.29 is 32.6 Å². The Hall–Kier alpha value is -2.09. The Morgan fingerprint density at radius 2 is 1.72 bits per heavy atom. The van der Waals surface area contributed by atoms with Crippen LogP contribution in [0.15, 0.2) is 24.3 Å². The van der Waals surface area contributed by atoms with E-state index in [1.165, 1.54) is 12.1 Å². The highest BCUT2D eigenvalue weighted by Crippen LogP contribution is 2.36. The lowest BCUT2D eigenvalue weighted by Crippen LogP contribution is -2.40. The predicted molar refractivity (Wildman–Crippen MR) is 82.9 cm³/mol. The smallest absolute Gasteiger partial charge is 0.416 e. The standard InChI is InChI=1S/C17H20F3NO4/c1-16(2,3)25-15(24)13-12(11(8-21-13)14(22)23)9-4-6-10(7-5-9)17(18,19)20/h4-7,11-13,21H,8H2,1-3H3,(H,22,23). The van der Waals surface area contributed by atoms with Crippen molar-refractivity contribution in [2.75, 3.05) is 6.54 Å². The number of rotatable bonds is 3. The second-order valence-corrected chi connectivity index (χ2v) is 7.01. The molecule has 0 amide bonds. The molecule has 2 rings (SSSR count). The molecule has 0 aromatic heterocycles. The number of halogens is 3. The molecule has 1 aromatic carbocycles. The lowest BCUT2D eigenvalue weighted by Gasteiger charge is -2.26. The van der Waals surface area contributed by atoms with Crippen LogP contribution in [0.5, 0.6) is 0 Å². The number of carbonyl (C=O) groups excluding carboxylic acids is 1. The zero-order valence-corrected chi connectivity index (χ0v) is 14.1. The monoisotopic (exact) mass is 359 g/mol. The molecule has 0 aliphatic carbocycles. The summed E-state index contributed by atoms with van der Waals surface area (Å²) in [4.78, 5) is 23.9. The zero-order valence-electron chi connectivity index (χ0n) is 14.1. The maximum atomic E-state index is 12.7. The van der Waals surface area contributed by atoms with E-state index in [-0.39, 0.29) is 6.54 Å². The van der Waals surface area contributed by atoms with Crippen molar-refractivity contribution in [1.29, 1.82) is 0 Å². The largest absolute Gasteiger partial charge is 0.481 e. The third kappa shape index (κ3) is 4.50. The van der Waals surface area contributed by atoms with Crippen LogP contribution in [0.3, 0.4) is 0 Å². The molecule has 0 radical (unpaired) electrons. The van der Waals surface area contributed by atoms with Gasteiger partial charge >= 0.3 is 18.1 Å². The van der Waals surface area contributed by atoms with Crippen LogP contribution in [0.2, 0.25) is 0 Å². The molecule has 5 nitrogen and oxygen atoms in total. The highest BCUT2D eigenvalue weighted by atomic mass is 19.4. The van der Waals surface area contributed by atoms with E-state index in [4.69, 9.17) is 4.74 Å². The Bertz CT molecular complexity index is 649. The second kappa shape index (κ2) is 6.67. The molecule has 1 aromatic rings. The van der Waals surface area contributed by atoms with Gasteiger partial charge < -0.3 is 15.2 Å². The van der Waals surface area contributed by atoms with Crippen molar-refractivity contribution >= 4 is 11.9 Å². The van der Waals surface area contributed by atoms with Crippen molar-refractivity contribution in [3.8, 4) is 0 Å². The molecular weight excluding hydrogens is 339 g/mol. The SMILES string of the molecule is CC(C)(C)OC(=O)C1NCC(C(=O)O)C1c1ccc(C(F)(F)F)cc1. The average Bonchev–Trinajstić information content (AvgIpc) is 2.89. The minimum atomic E-state index is -4.48. The summed E-state index contributed by atoms with van der Waals surface area (Å²) in [5.74, 6) is -3.49. The number of carboxylic acids is 1. The van der Waals surface area contributed by atoms with Gasteiger partial charge in [-0.2, -0.15) is 13.2 Å². The number of nitrogens with one attached hydrogen (secondary N) is 1. The van der Waals surface area contributed by atoms with E-state index in [0.29, 0.717) is 5.56 Å². The van der Waals surface area contributed by atoms with Gasteiger partial charge in [-0.3, -0.25) is 9.59 Å². The zero-order chi connectivity index (χ0) is 19.0. The number of benzene rings is 1. The van der Waals surface area contributed by atoms with Gasteiger partial charge in [-0.05, 0) is 38.5 Å². The Labute approximate surface area is 143 Å². The van der Waals surface area contributed by atoms with Crippen molar-refractivity contribution in [1.82, 2.24) is 5.32 Å². The summed E-state index contributed by atoms with van der Waals surface area (Å²) in [6, 6.07) is 3.27. The number of ether oxygens (including phenoxy) is 1. The molecule has 1 aliphatic heterocycles. The third-order valence-electron chi connectivity index (χ3n) is 3.95. The van der Waals surface area contributed by atoms with Gasteiger partial charge in [0.25, 0.3) is 0 Å². The quantitative estimate of drug-likeness (QED) is 0.812.